The molecule has 1 amide bonds. The number of ketones is 1. The number of hydrogen-bond acceptors (Lipinski definition) is 6. The van der Waals surface area contributed by atoms with Gasteiger partial charge in [0.25, 0.3) is 5.91 Å². The van der Waals surface area contributed by atoms with Crippen LogP contribution < -0.4 is 11.5 Å². The largest absolute Gasteiger partial charge is 0.383 e. The molecule has 3 rings (SSSR count). The Labute approximate surface area is 181 Å². The van der Waals surface area contributed by atoms with Crippen LogP contribution in [0.4, 0.5) is 5.82 Å². The van der Waals surface area contributed by atoms with Gasteiger partial charge in [-0.15, -0.1) is 0 Å². The maximum Gasteiger partial charge on any atom is 0.254 e. The first kappa shape index (κ1) is 22.3. The fraction of sp³-hybridized carbons (Fsp3) is 0.391. The molecule has 3 aromatic rings. The third-order valence-electron chi connectivity index (χ3n) is 4.99. The Morgan fingerprint density at radius 2 is 1.77 bits per heavy atom. The number of hydrogen-bond donors (Lipinski definition) is 2. The average Bonchev–Trinajstić information content (AvgIpc) is 3.26. The number of amides is 1. The lowest BCUT2D eigenvalue weighted by atomic mass is 9.93. The third kappa shape index (κ3) is 4.84. The van der Waals surface area contributed by atoms with Gasteiger partial charge in [-0.05, 0) is 19.4 Å². The van der Waals surface area contributed by atoms with Gasteiger partial charge < -0.3 is 16.0 Å². The summed E-state index contributed by atoms with van der Waals surface area (Å²) in [5.74, 6) is 0.414. The lowest BCUT2D eigenvalue weighted by Crippen LogP contribution is -2.15. The molecule has 0 radical (unpaired) electrons. The van der Waals surface area contributed by atoms with E-state index in [0.717, 1.165) is 11.3 Å². The van der Waals surface area contributed by atoms with E-state index in [1.807, 2.05) is 65.0 Å². The molecule has 0 aliphatic rings. The summed E-state index contributed by atoms with van der Waals surface area (Å²) < 4.78 is 6.92. The zero-order chi connectivity index (χ0) is 22.9. The summed E-state index contributed by atoms with van der Waals surface area (Å²) in [6, 6.07) is 9.13. The summed E-state index contributed by atoms with van der Waals surface area (Å²) in [7, 11) is 0. The Balaban J connectivity index is 1.75. The predicted octanol–water partition coefficient (Wildman–Crippen LogP) is 3.45. The number of primary amides is 1. The van der Waals surface area contributed by atoms with Crippen LogP contribution in [0.3, 0.4) is 0 Å². The number of nitrogens with two attached hydrogens (primary N) is 2. The van der Waals surface area contributed by atoms with E-state index in [1.54, 1.807) is 4.68 Å². The first-order chi connectivity index (χ1) is 14.5. The predicted molar refractivity (Wildman–Crippen MR) is 119 cm³/mol. The molecule has 0 saturated heterocycles. The van der Waals surface area contributed by atoms with Crippen LogP contribution in [0.5, 0.6) is 0 Å². The number of anilines is 1. The van der Waals surface area contributed by atoms with Crippen molar-refractivity contribution in [3.8, 4) is 11.3 Å². The molecule has 164 valence electrons. The number of nitrogen functional groups attached to an aromatic ring is 1. The molecule has 4 N–H and O–H groups in total. The Kier molecular flexibility index (Phi) is 6.01. The van der Waals surface area contributed by atoms with Gasteiger partial charge in [0.2, 0.25) is 0 Å². The van der Waals surface area contributed by atoms with Crippen molar-refractivity contribution in [2.45, 2.75) is 58.9 Å². The number of carbonyl (C=O) groups is 2. The molecule has 31 heavy (non-hydrogen) atoms. The second kappa shape index (κ2) is 8.37. The lowest BCUT2D eigenvalue weighted by Gasteiger charge is -2.12. The summed E-state index contributed by atoms with van der Waals surface area (Å²) in [5, 5.41) is 8.48. The minimum atomic E-state index is -0.624. The number of nitrogens with zero attached hydrogens (tertiary/aromatic N) is 3. The molecular formula is C23H29N5O3. The number of benzene rings is 1. The molecule has 2 heterocycles. The number of Topliss-reactive ketones (excluding diaryl/α,β-unsaturated/α-hetero) is 1. The molecule has 0 unspecified atom stereocenters. The van der Waals surface area contributed by atoms with E-state index in [1.165, 1.54) is 0 Å². The van der Waals surface area contributed by atoms with Crippen molar-refractivity contribution in [2.75, 3.05) is 5.73 Å². The Bertz CT molecular complexity index is 1100. The number of aromatic nitrogens is 3. The summed E-state index contributed by atoms with van der Waals surface area (Å²) in [4.78, 5) is 24.4. The van der Waals surface area contributed by atoms with Crippen LogP contribution >= 0.6 is 0 Å². The van der Waals surface area contributed by atoms with Gasteiger partial charge in [0.05, 0.1) is 12.1 Å². The van der Waals surface area contributed by atoms with Gasteiger partial charge in [-0.25, -0.2) is 4.68 Å². The minimum absolute atomic E-state index is 0.0147. The van der Waals surface area contributed by atoms with Gasteiger partial charge >= 0.3 is 0 Å². The maximum absolute atomic E-state index is 12.5. The summed E-state index contributed by atoms with van der Waals surface area (Å²) in [5.41, 5.74) is 14.3. The molecule has 0 bridgehead atoms. The molecule has 1 aromatic carbocycles. The SMILES string of the molecule is CC(C)n1nc(-c2ccc(CC(=O)Cc3cc(C(C)(C)C)on3)cc2)c(C(N)=O)c1N. The first-order valence-electron chi connectivity index (χ1n) is 10.2. The van der Waals surface area contributed by atoms with Crippen LogP contribution in [0.1, 0.15) is 68.0 Å². The third-order valence-corrected chi connectivity index (χ3v) is 4.99. The molecule has 8 heteroatoms. The van der Waals surface area contributed by atoms with E-state index in [0.29, 0.717) is 17.0 Å². The van der Waals surface area contributed by atoms with Crippen LogP contribution in [-0.4, -0.2) is 26.6 Å². The van der Waals surface area contributed by atoms with Crippen LogP contribution in [-0.2, 0) is 23.1 Å². The van der Waals surface area contributed by atoms with E-state index in [4.69, 9.17) is 16.0 Å². The molecule has 0 aliphatic carbocycles. The second-order valence-electron chi connectivity index (χ2n) is 9.03. The van der Waals surface area contributed by atoms with Gasteiger partial charge in [-0.3, -0.25) is 9.59 Å². The molecule has 2 aromatic heterocycles. The van der Waals surface area contributed by atoms with Gasteiger partial charge in [-0.1, -0.05) is 50.2 Å². The number of carbonyl (C=O) groups excluding carboxylic acids is 2. The molecule has 0 atom stereocenters. The monoisotopic (exact) mass is 423 g/mol. The zero-order valence-electron chi connectivity index (χ0n) is 18.6. The van der Waals surface area contributed by atoms with Crippen molar-refractivity contribution in [2.24, 2.45) is 5.73 Å². The quantitative estimate of drug-likeness (QED) is 0.598. The smallest absolute Gasteiger partial charge is 0.254 e. The highest BCUT2D eigenvalue weighted by Gasteiger charge is 2.23. The maximum atomic E-state index is 12.5. The van der Waals surface area contributed by atoms with Gasteiger partial charge in [0.1, 0.15) is 28.6 Å². The van der Waals surface area contributed by atoms with Crippen molar-refractivity contribution < 1.29 is 14.1 Å². The summed E-state index contributed by atoms with van der Waals surface area (Å²) >= 11 is 0. The Morgan fingerprint density at radius 1 is 1.13 bits per heavy atom. The molecule has 0 saturated carbocycles. The second-order valence-corrected chi connectivity index (χ2v) is 9.03. The number of rotatable bonds is 7. The van der Waals surface area contributed by atoms with Crippen LogP contribution in [0.25, 0.3) is 11.3 Å². The van der Waals surface area contributed by atoms with E-state index in [9.17, 15) is 9.59 Å². The highest BCUT2D eigenvalue weighted by atomic mass is 16.5. The normalized spacial score (nSPS) is 11.8. The van der Waals surface area contributed by atoms with Gasteiger partial charge in [0.15, 0.2) is 0 Å². The Hall–Kier alpha value is -3.42. The van der Waals surface area contributed by atoms with Crippen molar-refractivity contribution >= 4 is 17.5 Å². The highest BCUT2D eigenvalue weighted by Crippen LogP contribution is 2.29. The fourth-order valence-electron chi connectivity index (χ4n) is 3.31. The molecular weight excluding hydrogens is 394 g/mol. The fourth-order valence-corrected chi connectivity index (χ4v) is 3.31. The van der Waals surface area contributed by atoms with Crippen molar-refractivity contribution in [1.82, 2.24) is 14.9 Å². The van der Waals surface area contributed by atoms with Crippen molar-refractivity contribution in [1.29, 1.82) is 0 Å². The highest BCUT2D eigenvalue weighted by molar-refractivity contribution is 6.03. The summed E-state index contributed by atoms with van der Waals surface area (Å²) in [6.45, 7) is 9.93. The molecule has 0 spiro atoms. The standard InChI is InChI=1S/C23H29N5O3/c1-13(2)28-21(24)19(22(25)30)20(26-28)15-8-6-14(7-9-15)10-17(29)11-16-12-18(31-27-16)23(3,4)5/h6-9,12-13H,10-11,24H2,1-5H3,(H2,25,30). The minimum Gasteiger partial charge on any atom is -0.383 e. The van der Waals surface area contributed by atoms with Crippen LogP contribution in [0.2, 0.25) is 0 Å². The zero-order valence-corrected chi connectivity index (χ0v) is 18.6. The Morgan fingerprint density at radius 3 is 2.29 bits per heavy atom. The van der Waals surface area contributed by atoms with Gasteiger partial charge in [0, 0.05) is 29.5 Å². The van der Waals surface area contributed by atoms with Crippen LogP contribution in [0.15, 0.2) is 34.9 Å². The van der Waals surface area contributed by atoms with E-state index in [-0.39, 0.29) is 41.5 Å². The van der Waals surface area contributed by atoms with Crippen LogP contribution in [0, 0.1) is 0 Å². The van der Waals surface area contributed by atoms with Crippen molar-refractivity contribution in [3.63, 3.8) is 0 Å². The van der Waals surface area contributed by atoms with E-state index >= 15 is 0 Å². The van der Waals surface area contributed by atoms with Crippen molar-refractivity contribution in [3.05, 3.63) is 52.9 Å². The van der Waals surface area contributed by atoms with E-state index < -0.39 is 5.91 Å². The first-order valence-corrected chi connectivity index (χ1v) is 10.2. The summed E-state index contributed by atoms with van der Waals surface area (Å²) in [6.07, 6.45) is 0.478. The lowest BCUT2D eigenvalue weighted by molar-refractivity contribution is -0.117. The molecule has 0 fully saturated rings. The molecule has 8 nitrogen and oxygen atoms in total. The van der Waals surface area contributed by atoms with E-state index in [2.05, 4.69) is 10.3 Å². The average molecular weight is 424 g/mol. The van der Waals surface area contributed by atoms with Gasteiger partial charge in [-0.2, -0.15) is 5.10 Å². The topological polar surface area (TPSA) is 130 Å². The molecule has 0 aliphatic heterocycles.